The number of carbonyl (C=O) groups excluding carboxylic acids is 7. The van der Waals surface area contributed by atoms with Crippen molar-refractivity contribution in [2.45, 2.75) is 119 Å². The van der Waals surface area contributed by atoms with Crippen molar-refractivity contribution < 1.29 is 121 Å². The molecule has 4 unspecified atom stereocenters. The minimum absolute atomic E-state index is 0.0594. The van der Waals surface area contributed by atoms with Crippen molar-refractivity contribution in [3.63, 3.8) is 0 Å². The third-order valence-electron chi connectivity index (χ3n) is 16.1. The van der Waals surface area contributed by atoms with Crippen molar-refractivity contribution >= 4 is 193 Å². The predicted molar refractivity (Wildman–Crippen MR) is 444 cm³/mol. The van der Waals surface area contributed by atoms with Crippen LogP contribution in [0.5, 0.6) is 0 Å². The van der Waals surface area contributed by atoms with E-state index in [1.54, 1.807) is 154 Å². The number of carbonyl (C=O) groups is 7. The largest absolute Gasteiger partial charge is 0.449 e. The fourth-order valence-electron chi connectivity index (χ4n) is 10.0. The van der Waals surface area contributed by atoms with Gasteiger partial charge in [-0.2, -0.15) is 0 Å². The zero-order valence-electron chi connectivity index (χ0n) is 64.9. The van der Waals surface area contributed by atoms with Crippen LogP contribution in [0.4, 0.5) is 26.3 Å². The minimum Gasteiger partial charge on any atom is -0.449 e. The van der Waals surface area contributed by atoms with Gasteiger partial charge in [0, 0.05) is 48.4 Å². The van der Waals surface area contributed by atoms with Crippen LogP contribution in [0.15, 0.2) is 144 Å². The average molecular weight is 1820 g/mol. The van der Waals surface area contributed by atoms with Gasteiger partial charge in [0.25, 0.3) is 0 Å². The second kappa shape index (κ2) is 42.6. The van der Waals surface area contributed by atoms with Gasteiger partial charge in [0.15, 0.2) is 58.3 Å². The van der Waals surface area contributed by atoms with E-state index in [1.807, 2.05) is 0 Å². The normalized spacial score (nSPS) is 13.5. The van der Waals surface area contributed by atoms with Crippen molar-refractivity contribution in [2.75, 3.05) is 26.4 Å². The first kappa shape index (κ1) is 98.3. The van der Waals surface area contributed by atoms with Crippen molar-refractivity contribution in [3.8, 4) is 0 Å². The summed E-state index contributed by atoms with van der Waals surface area (Å²) in [5.74, 6) is -10.4. The molecule has 0 aliphatic heterocycles. The first-order valence-electron chi connectivity index (χ1n) is 35.0. The highest BCUT2D eigenvalue weighted by molar-refractivity contribution is 7.55. The molecule has 20 nitrogen and oxygen atoms in total. The van der Waals surface area contributed by atoms with E-state index < -0.39 is 152 Å². The summed E-state index contributed by atoms with van der Waals surface area (Å²) in [6.45, 7) is 17.4. The predicted octanol–water partition coefficient (Wildman–Crippen LogP) is 23.7. The summed E-state index contributed by atoms with van der Waals surface area (Å²) in [7, 11) is -14.1. The highest BCUT2D eigenvalue weighted by Crippen LogP contribution is 2.64. The second-order valence-electron chi connectivity index (χ2n) is 29.7. The van der Waals surface area contributed by atoms with E-state index in [9.17, 15) is 88.3 Å². The molecule has 0 aliphatic rings. The number of ether oxygens (including phenoxy) is 4. The van der Waals surface area contributed by atoms with Crippen LogP contribution in [-0.4, -0.2) is 82.4 Å². The van der Waals surface area contributed by atoms with Crippen LogP contribution >= 0.6 is 103 Å². The number of thiophene rings is 3. The lowest BCUT2D eigenvalue weighted by Crippen LogP contribution is -2.26. The molecule has 3 aromatic heterocycles. The molecular formula is C81H83Cl4F6O20P3S3. The fourth-order valence-corrected chi connectivity index (χ4v) is 18.1. The second-order valence-corrected chi connectivity index (χ2v) is 39.7. The van der Waals surface area contributed by atoms with Crippen molar-refractivity contribution in [3.05, 3.63) is 227 Å². The number of rotatable bonds is 28. The van der Waals surface area contributed by atoms with Gasteiger partial charge < -0.3 is 33.6 Å². The van der Waals surface area contributed by atoms with Gasteiger partial charge in [-0.25, -0.2) is 26.3 Å². The molecule has 0 saturated carbocycles. The Kier molecular flexibility index (Phi) is 35.8. The number of benzene rings is 6. The molecule has 117 heavy (non-hydrogen) atoms. The Bertz CT molecular complexity index is 5310. The number of hydrogen-bond acceptors (Lipinski definition) is 20. The van der Waals surface area contributed by atoms with Gasteiger partial charge in [0.1, 0.15) is 17.0 Å². The molecule has 9 aromatic rings. The van der Waals surface area contributed by atoms with Gasteiger partial charge in [0.2, 0.25) is 20.4 Å². The molecule has 0 aliphatic carbocycles. The average Bonchev–Trinajstić information content (AvgIpc) is 1.68. The summed E-state index contributed by atoms with van der Waals surface area (Å²) in [6.07, 6.45) is 7.40. The highest BCUT2D eigenvalue weighted by atomic mass is 35.5. The summed E-state index contributed by atoms with van der Waals surface area (Å²) < 4.78 is 158. The monoisotopic (exact) mass is 1820 g/mol. The quantitative estimate of drug-likeness (QED) is 0.0102. The van der Waals surface area contributed by atoms with Crippen molar-refractivity contribution in [1.29, 1.82) is 0 Å². The topological polar surface area (TPSA) is 296 Å². The zero-order chi connectivity index (χ0) is 87.5. The van der Waals surface area contributed by atoms with Gasteiger partial charge >= 0.3 is 46.7 Å². The van der Waals surface area contributed by atoms with Crippen LogP contribution < -0.4 is 0 Å². The van der Waals surface area contributed by atoms with Crippen LogP contribution in [0.3, 0.4) is 0 Å². The molecule has 0 saturated heterocycles. The summed E-state index contributed by atoms with van der Waals surface area (Å²) in [5.41, 5.74) is -6.25. The van der Waals surface area contributed by atoms with Crippen LogP contribution in [0, 0.1) is 56.6 Å². The fraction of sp³-hybridized carbons (Fsp3) is 0.321. The lowest BCUT2D eigenvalue weighted by Gasteiger charge is -2.27. The summed E-state index contributed by atoms with van der Waals surface area (Å²) in [6, 6.07) is 24.6. The molecule has 630 valence electrons. The summed E-state index contributed by atoms with van der Waals surface area (Å²) >= 11 is 27.3. The number of allylic oxidation sites excluding steroid dienone is 3. The number of hydrogen-bond donors (Lipinski definition) is 3. The van der Waals surface area contributed by atoms with E-state index in [0.717, 1.165) is 50.5 Å². The number of alkyl halides is 1. The Morgan fingerprint density at radius 3 is 0.966 bits per heavy atom. The van der Waals surface area contributed by atoms with Crippen LogP contribution in [0.25, 0.3) is 48.5 Å². The molecule has 3 heterocycles. The molecule has 0 spiro atoms. The summed E-state index contributed by atoms with van der Waals surface area (Å²) in [5, 5.41) is 7.40. The lowest BCUT2D eigenvalue weighted by molar-refractivity contribution is -0.162. The van der Waals surface area contributed by atoms with Crippen LogP contribution in [0.1, 0.15) is 153 Å². The molecule has 0 radical (unpaired) electrons. The number of esters is 4. The maximum atomic E-state index is 14.6. The Morgan fingerprint density at radius 1 is 0.393 bits per heavy atom. The first-order chi connectivity index (χ1) is 54.4. The smallest absolute Gasteiger partial charge is 0.351 e. The van der Waals surface area contributed by atoms with Gasteiger partial charge in [-0.05, 0) is 240 Å². The van der Waals surface area contributed by atoms with E-state index in [4.69, 9.17) is 74.2 Å². The lowest BCUT2D eigenvalue weighted by atomic mass is 9.98. The molecule has 0 bridgehead atoms. The maximum Gasteiger partial charge on any atom is 0.351 e. The standard InChI is InChI=1S/C31H34ClF2O8PS.C25H24ClF2O6PS.C19H14ClF2O4PS.C6H11ClO2/c1-30(2,3)28(36)39-17-41-43(38,42-18-40-29(37)31(4,5)6)27(22-16-44-26-13-11-20(32)15-21(22)26)25(35)9-7-8-19-10-12-23(33)24(34)14-19;1-25(2,3)24(30)33-14-34-35(31,32)23(18-13-36-22-10-8-16(26)12-17(18)22)21(29)6-4-5-15-7-9-19(27)20(28)11-15;20-12-5-7-18-13(9-12)14(10-28-18)19(27(24,25)26)17(23)3-1-2-11-4-6-15(21)16(22)8-11;1-6(2,3)5(8)9-4-7/h7-8,10-16,27H,9,17-18H2,1-6H3;4-5,7-13,23H,6,14H2,1-3H3,(H,31,32);1-2,4-10,19H,3H2,(H2,24,25,26);4H2,1-3H3/b8-7+;5-4+;2-1+;. The first-order valence-corrected chi connectivity index (χ1v) is 44.2. The minimum atomic E-state index is -4.80. The van der Waals surface area contributed by atoms with E-state index >= 15 is 0 Å². The van der Waals surface area contributed by atoms with E-state index in [-0.39, 0.29) is 48.0 Å². The number of halogens is 10. The number of ketones is 3. The molecule has 0 fully saturated rings. The van der Waals surface area contributed by atoms with Crippen molar-refractivity contribution in [2.24, 2.45) is 21.7 Å². The van der Waals surface area contributed by atoms with E-state index in [2.05, 4.69) is 4.74 Å². The number of fused-ring (bicyclic) bond motifs is 3. The van der Waals surface area contributed by atoms with Crippen LogP contribution in [0.2, 0.25) is 15.1 Å². The third kappa shape index (κ3) is 29.1. The highest BCUT2D eigenvalue weighted by Gasteiger charge is 2.46. The molecule has 4 atom stereocenters. The zero-order valence-corrected chi connectivity index (χ0v) is 73.1. The van der Waals surface area contributed by atoms with E-state index in [0.29, 0.717) is 47.9 Å². The maximum absolute atomic E-state index is 14.6. The summed E-state index contributed by atoms with van der Waals surface area (Å²) in [4.78, 5) is 118. The SMILES string of the molecule is CC(C)(C)C(=O)OCCl.CC(C)(C)C(=O)OCOP(=O)(O)C(C(=O)C/C=C/c1ccc(F)c(F)c1)c1csc2ccc(Cl)cc12.CC(C)(C)C(=O)OCOP(=O)(OCOC(=O)C(C)(C)C)C(C(=O)C/C=C/c1ccc(F)c(F)c1)c1csc2ccc(Cl)cc12.O=C(C/C=C/c1ccc(F)c(F)c1)C(c1csc2ccc(Cl)cc12)P(=O)(O)O. The van der Waals surface area contributed by atoms with Gasteiger partial charge in [-0.1, -0.05) is 101 Å². The van der Waals surface area contributed by atoms with Crippen LogP contribution in [-0.2, 0) is 79.8 Å². The molecule has 9 rings (SSSR count). The molecule has 3 N–H and O–H groups in total. The molecule has 36 heteroatoms. The van der Waals surface area contributed by atoms with Gasteiger partial charge in [-0.3, -0.25) is 60.8 Å². The molecular weight excluding hydrogens is 1740 g/mol. The van der Waals surface area contributed by atoms with E-state index in [1.165, 1.54) is 88.7 Å². The Hall–Kier alpha value is -7.50. The molecule has 6 aromatic carbocycles. The Labute approximate surface area is 703 Å². The number of Topliss-reactive ketones (excluding diaryl/α,β-unsaturated/α-hetero) is 3. The van der Waals surface area contributed by atoms with Gasteiger partial charge in [0.05, 0.1) is 21.7 Å². The molecule has 0 amide bonds. The Morgan fingerprint density at radius 2 is 0.675 bits per heavy atom. The third-order valence-corrected chi connectivity index (χ3v) is 24.9. The Balaban J connectivity index is 0.000000263. The van der Waals surface area contributed by atoms with Gasteiger partial charge in [-0.15, -0.1) is 34.0 Å². The van der Waals surface area contributed by atoms with Crippen molar-refractivity contribution in [1.82, 2.24) is 0 Å².